The Morgan fingerprint density at radius 1 is 0.920 bits per heavy atom. The maximum atomic E-state index is 13.4. The van der Waals surface area contributed by atoms with Crippen molar-refractivity contribution < 1.29 is 19.0 Å². The number of amides is 1. The highest BCUT2D eigenvalue weighted by Crippen LogP contribution is 2.44. The van der Waals surface area contributed by atoms with Gasteiger partial charge in [-0.2, -0.15) is 0 Å². The molecule has 1 aliphatic rings. The lowest BCUT2D eigenvalue weighted by atomic mass is 9.87. The molecule has 0 bridgehead atoms. The van der Waals surface area contributed by atoms with Gasteiger partial charge in [-0.05, 0) is 12.1 Å². The molecule has 1 heterocycles. The van der Waals surface area contributed by atoms with Crippen LogP contribution in [0.1, 0.15) is 17.0 Å². The Kier molecular flexibility index (Phi) is 5.68. The zero-order valence-corrected chi connectivity index (χ0v) is 14.6. The molecule has 2 aromatic carbocycles. The van der Waals surface area contributed by atoms with Crippen LogP contribution in [-0.2, 0) is 14.3 Å². The second-order valence-electron chi connectivity index (χ2n) is 5.92. The summed E-state index contributed by atoms with van der Waals surface area (Å²) in [5.41, 5.74) is 1.79. The van der Waals surface area contributed by atoms with Crippen molar-refractivity contribution in [3.8, 4) is 11.5 Å². The maximum absolute atomic E-state index is 13.4. The standard InChI is InChI=1S/C20H23NO4/c1-23-13-11-21(12-14-24-2)20(22)19-15-7-3-5-9-17(15)25-18-10-6-4-8-16(18)19/h3-10,19H,11-14H2,1-2H3. The lowest BCUT2D eigenvalue weighted by Crippen LogP contribution is -2.40. The minimum Gasteiger partial charge on any atom is -0.457 e. The van der Waals surface area contributed by atoms with Crippen molar-refractivity contribution in [2.45, 2.75) is 5.92 Å². The van der Waals surface area contributed by atoms with Crippen LogP contribution in [0.2, 0.25) is 0 Å². The Hall–Kier alpha value is -2.37. The molecule has 1 aliphatic heterocycles. The van der Waals surface area contributed by atoms with Crippen molar-refractivity contribution in [3.63, 3.8) is 0 Å². The summed E-state index contributed by atoms with van der Waals surface area (Å²) < 4.78 is 16.3. The molecular weight excluding hydrogens is 318 g/mol. The second-order valence-corrected chi connectivity index (χ2v) is 5.92. The normalized spacial score (nSPS) is 12.9. The fourth-order valence-corrected chi connectivity index (χ4v) is 3.09. The van der Waals surface area contributed by atoms with Gasteiger partial charge in [-0.15, -0.1) is 0 Å². The molecule has 25 heavy (non-hydrogen) atoms. The van der Waals surface area contributed by atoms with Gasteiger partial charge in [-0.1, -0.05) is 36.4 Å². The first-order valence-corrected chi connectivity index (χ1v) is 8.38. The van der Waals surface area contributed by atoms with Crippen molar-refractivity contribution in [1.82, 2.24) is 4.90 Å². The number of nitrogens with zero attached hydrogens (tertiary/aromatic N) is 1. The first kappa shape index (κ1) is 17.5. The molecule has 132 valence electrons. The Labute approximate surface area is 148 Å². The molecule has 0 atom stereocenters. The van der Waals surface area contributed by atoms with Crippen LogP contribution >= 0.6 is 0 Å². The fourth-order valence-electron chi connectivity index (χ4n) is 3.09. The lowest BCUT2D eigenvalue weighted by molar-refractivity contribution is -0.133. The molecule has 0 saturated heterocycles. The van der Waals surface area contributed by atoms with Gasteiger partial charge in [-0.3, -0.25) is 4.79 Å². The van der Waals surface area contributed by atoms with E-state index in [1.165, 1.54) is 0 Å². The van der Waals surface area contributed by atoms with Gasteiger partial charge in [0.05, 0.1) is 19.1 Å². The lowest BCUT2D eigenvalue weighted by Gasteiger charge is -2.32. The molecular formula is C20H23NO4. The number of methoxy groups -OCH3 is 2. The Bertz CT molecular complexity index is 678. The average Bonchev–Trinajstić information content (AvgIpc) is 2.65. The van der Waals surface area contributed by atoms with Gasteiger partial charge in [-0.25, -0.2) is 0 Å². The molecule has 5 heteroatoms. The Morgan fingerprint density at radius 3 is 1.88 bits per heavy atom. The predicted molar refractivity (Wildman–Crippen MR) is 95.1 cm³/mol. The zero-order chi connectivity index (χ0) is 17.6. The summed E-state index contributed by atoms with van der Waals surface area (Å²) in [4.78, 5) is 15.2. The van der Waals surface area contributed by atoms with Gasteiger partial charge in [0.1, 0.15) is 11.5 Å². The van der Waals surface area contributed by atoms with E-state index in [1.807, 2.05) is 48.5 Å². The number of fused-ring (bicyclic) bond motifs is 2. The molecule has 0 saturated carbocycles. The third kappa shape index (κ3) is 3.67. The van der Waals surface area contributed by atoms with E-state index in [4.69, 9.17) is 14.2 Å². The van der Waals surface area contributed by atoms with E-state index in [2.05, 4.69) is 0 Å². The molecule has 1 amide bonds. The van der Waals surface area contributed by atoms with Crippen LogP contribution in [0.5, 0.6) is 11.5 Å². The summed E-state index contributed by atoms with van der Waals surface area (Å²) in [6, 6.07) is 15.4. The highest BCUT2D eigenvalue weighted by Gasteiger charge is 2.34. The quantitative estimate of drug-likeness (QED) is 0.777. The molecule has 3 rings (SSSR count). The summed E-state index contributed by atoms with van der Waals surface area (Å²) in [6.45, 7) is 2.03. The van der Waals surface area contributed by atoms with Crippen molar-refractivity contribution >= 4 is 5.91 Å². The van der Waals surface area contributed by atoms with E-state index in [0.29, 0.717) is 26.3 Å². The SMILES string of the molecule is COCCN(CCOC)C(=O)C1c2ccccc2Oc2ccccc21. The highest BCUT2D eigenvalue weighted by molar-refractivity contribution is 5.89. The minimum atomic E-state index is -0.380. The Morgan fingerprint density at radius 2 is 1.40 bits per heavy atom. The first-order valence-electron chi connectivity index (χ1n) is 8.38. The molecule has 0 spiro atoms. The summed E-state index contributed by atoms with van der Waals surface area (Å²) >= 11 is 0. The third-order valence-electron chi connectivity index (χ3n) is 4.37. The van der Waals surface area contributed by atoms with Crippen LogP contribution in [0.25, 0.3) is 0 Å². The monoisotopic (exact) mass is 341 g/mol. The number of carbonyl (C=O) groups excluding carboxylic acids is 1. The van der Waals surface area contributed by atoms with Crippen molar-refractivity contribution in [2.75, 3.05) is 40.5 Å². The van der Waals surface area contributed by atoms with Crippen LogP contribution in [0.4, 0.5) is 0 Å². The summed E-state index contributed by atoms with van der Waals surface area (Å²) in [5, 5.41) is 0. The van der Waals surface area contributed by atoms with Crippen LogP contribution in [0.3, 0.4) is 0 Å². The van der Waals surface area contributed by atoms with Crippen molar-refractivity contribution in [3.05, 3.63) is 59.7 Å². The fraction of sp³-hybridized carbons (Fsp3) is 0.350. The predicted octanol–water partition coefficient (Wildman–Crippen LogP) is 3.05. The maximum Gasteiger partial charge on any atom is 0.235 e. The summed E-state index contributed by atoms with van der Waals surface area (Å²) in [6.07, 6.45) is 0. The van der Waals surface area contributed by atoms with Crippen LogP contribution in [-0.4, -0.2) is 51.3 Å². The summed E-state index contributed by atoms with van der Waals surface area (Å²) in [5.74, 6) is 1.13. The number of carbonyl (C=O) groups is 1. The van der Waals surface area contributed by atoms with Crippen LogP contribution < -0.4 is 4.74 Å². The molecule has 5 nitrogen and oxygen atoms in total. The molecule has 0 N–H and O–H groups in total. The molecule has 0 unspecified atom stereocenters. The van der Waals surface area contributed by atoms with Crippen molar-refractivity contribution in [1.29, 1.82) is 0 Å². The number of hydrogen-bond acceptors (Lipinski definition) is 4. The van der Waals surface area contributed by atoms with Crippen LogP contribution in [0, 0.1) is 0 Å². The van der Waals surface area contributed by atoms with Gasteiger partial charge in [0, 0.05) is 38.4 Å². The number of para-hydroxylation sites is 2. The van der Waals surface area contributed by atoms with Crippen molar-refractivity contribution in [2.24, 2.45) is 0 Å². The van der Waals surface area contributed by atoms with Gasteiger partial charge in [0.25, 0.3) is 0 Å². The van der Waals surface area contributed by atoms with E-state index in [0.717, 1.165) is 22.6 Å². The largest absolute Gasteiger partial charge is 0.457 e. The van der Waals surface area contributed by atoms with Gasteiger partial charge >= 0.3 is 0 Å². The third-order valence-corrected chi connectivity index (χ3v) is 4.37. The van der Waals surface area contributed by atoms with Gasteiger partial charge in [0.15, 0.2) is 0 Å². The number of ether oxygens (including phenoxy) is 3. The van der Waals surface area contributed by atoms with Gasteiger partial charge < -0.3 is 19.1 Å². The average molecular weight is 341 g/mol. The van der Waals surface area contributed by atoms with E-state index in [-0.39, 0.29) is 11.8 Å². The number of hydrogen-bond donors (Lipinski definition) is 0. The minimum absolute atomic E-state index is 0.0392. The molecule has 0 aliphatic carbocycles. The summed E-state index contributed by atoms with van der Waals surface area (Å²) in [7, 11) is 3.27. The number of rotatable bonds is 7. The first-order chi connectivity index (χ1) is 12.3. The molecule has 0 radical (unpaired) electrons. The second kappa shape index (κ2) is 8.14. The molecule has 0 fully saturated rings. The zero-order valence-electron chi connectivity index (χ0n) is 14.6. The van der Waals surface area contributed by atoms with Gasteiger partial charge in [0.2, 0.25) is 5.91 Å². The van der Waals surface area contributed by atoms with E-state index in [1.54, 1.807) is 19.1 Å². The Balaban J connectivity index is 1.97. The van der Waals surface area contributed by atoms with E-state index >= 15 is 0 Å². The smallest absolute Gasteiger partial charge is 0.235 e. The van der Waals surface area contributed by atoms with Crippen LogP contribution in [0.15, 0.2) is 48.5 Å². The number of benzene rings is 2. The van der Waals surface area contributed by atoms with E-state index < -0.39 is 0 Å². The molecule has 2 aromatic rings. The highest BCUT2D eigenvalue weighted by atomic mass is 16.5. The topological polar surface area (TPSA) is 48.0 Å². The molecule has 0 aromatic heterocycles. The van der Waals surface area contributed by atoms with E-state index in [9.17, 15) is 4.79 Å².